The van der Waals surface area contributed by atoms with Gasteiger partial charge in [0.25, 0.3) is 0 Å². The molecular formula is C14H18N4O2S. The fraction of sp³-hybridized carbons (Fsp3) is 0.357. The Labute approximate surface area is 127 Å². The van der Waals surface area contributed by atoms with Gasteiger partial charge in [0.15, 0.2) is 0 Å². The summed E-state index contributed by atoms with van der Waals surface area (Å²) >= 11 is 1.29. The minimum Gasteiger partial charge on any atom is -0.493 e. The SMILES string of the molecule is Cc1ccccc1OCCCC(=O)Nc1nnc(CN)s1. The topological polar surface area (TPSA) is 90.1 Å². The van der Waals surface area contributed by atoms with Gasteiger partial charge < -0.3 is 15.8 Å². The van der Waals surface area contributed by atoms with Crippen molar-refractivity contribution >= 4 is 22.4 Å². The normalized spacial score (nSPS) is 10.4. The van der Waals surface area contributed by atoms with E-state index in [0.29, 0.717) is 36.1 Å². The van der Waals surface area contributed by atoms with Crippen LogP contribution < -0.4 is 15.8 Å². The van der Waals surface area contributed by atoms with Crippen molar-refractivity contribution in [2.24, 2.45) is 5.73 Å². The lowest BCUT2D eigenvalue weighted by molar-refractivity contribution is -0.116. The highest BCUT2D eigenvalue weighted by Gasteiger charge is 2.07. The molecule has 0 saturated carbocycles. The number of benzene rings is 1. The second kappa shape index (κ2) is 7.70. The van der Waals surface area contributed by atoms with Crippen LogP contribution in [0, 0.1) is 6.92 Å². The maximum atomic E-state index is 11.7. The van der Waals surface area contributed by atoms with Crippen LogP contribution in [0.1, 0.15) is 23.4 Å². The van der Waals surface area contributed by atoms with Crippen molar-refractivity contribution in [3.05, 3.63) is 34.8 Å². The molecule has 0 aliphatic heterocycles. The van der Waals surface area contributed by atoms with E-state index in [4.69, 9.17) is 10.5 Å². The molecule has 0 saturated heterocycles. The van der Waals surface area contributed by atoms with Crippen LogP contribution in [0.3, 0.4) is 0 Å². The van der Waals surface area contributed by atoms with Crippen LogP contribution in [0.25, 0.3) is 0 Å². The molecule has 1 amide bonds. The Morgan fingerprint density at radius 1 is 1.38 bits per heavy atom. The first-order valence-electron chi connectivity index (χ1n) is 6.70. The molecule has 6 nitrogen and oxygen atoms in total. The third-order valence-corrected chi connectivity index (χ3v) is 3.65. The Balaban J connectivity index is 1.69. The second-order valence-corrected chi connectivity index (χ2v) is 5.53. The number of nitrogens with one attached hydrogen (secondary N) is 1. The predicted octanol–water partition coefficient (Wildman–Crippen LogP) is 2.10. The molecule has 0 radical (unpaired) electrons. The van der Waals surface area contributed by atoms with Crippen molar-refractivity contribution < 1.29 is 9.53 Å². The maximum Gasteiger partial charge on any atom is 0.226 e. The second-order valence-electron chi connectivity index (χ2n) is 4.47. The van der Waals surface area contributed by atoms with E-state index >= 15 is 0 Å². The summed E-state index contributed by atoms with van der Waals surface area (Å²) < 4.78 is 5.64. The number of aryl methyl sites for hydroxylation is 1. The van der Waals surface area contributed by atoms with E-state index in [9.17, 15) is 4.79 Å². The first-order chi connectivity index (χ1) is 10.2. The summed E-state index contributed by atoms with van der Waals surface area (Å²) in [5, 5.41) is 11.6. The van der Waals surface area contributed by atoms with E-state index in [1.807, 2.05) is 31.2 Å². The summed E-state index contributed by atoms with van der Waals surface area (Å²) in [7, 11) is 0. The first-order valence-corrected chi connectivity index (χ1v) is 7.51. The fourth-order valence-electron chi connectivity index (χ4n) is 1.70. The van der Waals surface area contributed by atoms with Crippen molar-refractivity contribution in [2.45, 2.75) is 26.3 Å². The highest BCUT2D eigenvalue weighted by Crippen LogP contribution is 2.17. The maximum absolute atomic E-state index is 11.7. The van der Waals surface area contributed by atoms with Crippen molar-refractivity contribution in [2.75, 3.05) is 11.9 Å². The van der Waals surface area contributed by atoms with E-state index in [1.165, 1.54) is 11.3 Å². The zero-order valence-electron chi connectivity index (χ0n) is 11.8. The third kappa shape index (κ3) is 4.80. The van der Waals surface area contributed by atoms with Crippen LogP contribution >= 0.6 is 11.3 Å². The molecule has 0 atom stereocenters. The summed E-state index contributed by atoms with van der Waals surface area (Å²) in [4.78, 5) is 11.7. The van der Waals surface area contributed by atoms with Gasteiger partial charge in [-0.3, -0.25) is 4.79 Å². The van der Waals surface area contributed by atoms with Crippen LogP contribution in [0.5, 0.6) is 5.75 Å². The van der Waals surface area contributed by atoms with E-state index in [2.05, 4.69) is 15.5 Å². The molecule has 1 aromatic carbocycles. The number of hydrogen-bond acceptors (Lipinski definition) is 6. The summed E-state index contributed by atoms with van der Waals surface area (Å²) in [5.74, 6) is 0.762. The van der Waals surface area contributed by atoms with Crippen molar-refractivity contribution in [3.63, 3.8) is 0 Å². The minimum absolute atomic E-state index is 0.0943. The molecule has 1 aromatic heterocycles. The fourth-order valence-corrected chi connectivity index (χ4v) is 2.34. The number of nitrogens with two attached hydrogens (primary N) is 1. The van der Waals surface area contributed by atoms with Gasteiger partial charge in [-0.1, -0.05) is 29.5 Å². The number of amides is 1. The Kier molecular flexibility index (Phi) is 5.65. The summed E-state index contributed by atoms with van der Waals surface area (Å²) in [6.07, 6.45) is 1.02. The summed E-state index contributed by atoms with van der Waals surface area (Å²) in [6, 6.07) is 7.81. The lowest BCUT2D eigenvalue weighted by Crippen LogP contribution is -2.12. The van der Waals surface area contributed by atoms with Gasteiger partial charge in [-0.2, -0.15) is 0 Å². The number of anilines is 1. The molecule has 0 aliphatic rings. The van der Waals surface area contributed by atoms with Gasteiger partial charge in [0.1, 0.15) is 10.8 Å². The van der Waals surface area contributed by atoms with Crippen LogP contribution in [0.4, 0.5) is 5.13 Å². The molecule has 112 valence electrons. The van der Waals surface area contributed by atoms with Crippen LogP contribution in [0.15, 0.2) is 24.3 Å². The number of carbonyl (C=O) groups is 1. The molecule has 0 spiro atoms. The zero-order chi connectivity index (χ0) is 15.1. The van der Waals surface area contributed by atoms with Crippen molar-refractivity contribution in [3.8, 4) is 5.75 Å². The quantitative estimate of drug-likeness (QED) is 0.765. The average Bonchev–Trinajstić information content (AvgIpc) is 2.93. The molecule has 3 N–H and O–H groups in total. The first kappa shape index (κ1) is 15.4. The Bertz CT molecular complexity index is 600. The zero-order valence-corrected chi connectivity index (χ0v) is 12.7. The van der Waals surface area contributed by atoms with Crippen molar-refractivity contribution in [1.82, 2.24) is 10.2 Å². The minimum atomic E-state index is -0.0943. The Morgan fingerprint density at radius 3 is 2.90 bits per heavy atom. The smallest absolute Gasteiger partial charge is 0.226 e. The molecule has 0 fully saturated rings. The van der Waals surface area contributed by atoms with E-state index in [-0.39, 0.29) is 5.91 Å². The molecule has 0 bridgehead atoms. The molecular weight excluding hydrogens is 288 g/mol. The number of nitrogens with zero attached hydrogens (tertiary/aromatic N) is 2. The van der Waals surface area contributed by atoms with E-state index in [0.717, 1.165) is 11.3 Å². The Hall–Kier alpha value is -1.99. The number of ether oxygens (including phenoxy) is 1. The molecule has 21 heavy (non-hydrogen) atoms. The lowest BCUT2D eigenvalue weighted by atomic mass is 10.2. The van der Waals surface area contributed by atoms with Crippen LogP contribution in [-0.2, 0) is 11.3 Å². The average molecular weight is 306 g/mol. The summed E-state index contributed by atoms with van der Waals surface area (Å²) in [6.45, 7) is 2.83. The van der Waals surface area contributed by atoms with E-state index in [1.54, 1.807) is 0 Å². The number of hydrogen-bond donors (Lipinski definition) is 2. The van der Waals surface area contributed by atoms with Gasteiger partial charge in [-0.25, -0.2) is 0 Å². The van der Waals surface area contributed by atoms with Gasteiger partial charge in [-0.05, 0) is 25.0 Å². The van der Waals surface area contributed by atoms with Crippen LogP contribution in [0.2, 0.25) is 0 Å². The van der Waals surface area contributed by atoms with Gasteiger partial charge in [-0.15, -0.1) is 10.2 Å². The molecule has 2 rings (SSSR count). The van der Waals surface area contributed by atoms with Gasteiger partial charge in [0, 0.05) is 13.0 Å². The van der Waals surface area contributed by atoms with Crippen LogP contribution in [-0.4, -0.2) is 22.7 Å². The predicted molar refractivity (Wildman–Crippen MR) is 82.3 cm³/mol. The number of carbonyl (C=O) groups excluding carboxylic acids is 1. The largest absolute Gasteiger partial charge is 0.493 e. The third-order valence-electron chi connectivity index (χ3n) is 2.79. The number of rotatable bonds is 7. The summed E-state index contributed by atoms with van der Waals surface area (Å²) in [5.41, 5.74) is 6.53. The standard InChI is InChI=1S/C14H18N4O2S/c1-10-5-2-3-6-11(10)20-8-4-7-12(19)16-14-18-17-13(9-15)21-14/h2-3,5-6H,4,7-9,15H2,1H3,(H,16,18,19). The highest BCUT2D eigenvalue weighted by atomic mass is 32.1. The highest BCUT2D eigenvalue weighted by molar-refractivity contribution is 7.15. The van der Waals surface area contributed by atoms with E-state index < -0.39 is 0 Å². The van der Waals surface area contributed by atoms with Gasteiger partial charge in [0.2, 0.25) is 11.0 Å². The van der Waals surface area contributed by atoms with Gasteiger partial charge >= 0.3 is 0 Å². The monoisotopic (exact) mass is 306 g/mol. The van der Waals surface area contributed by atoms with Crippen molar-refractivity contribution in [1.29, 1.82) is 0 Å². The molecule has 2 aromatic rings. The number of para-hydroxylation sites is 1. The molecule has 0 aliphatic carbocycles. The number of aromatic nitrogens is 2. The molecule has 7 heteroatoms. The van der Waals surface area contributed by atoms with Gasteiger partial charge in [0.05, 0.1) is 6.61 Å². The Morgan fingerprint density at radius 2 is 2.19 bits per heavy atom. The lowest BCUT2D eigenvalue weighted by Gasteiger charge is -2.08. The molecule has 0 unspecified atom stereocenters. The molecule has 1 heterocycles.